The second kappa shape index (κ2) is 8.76. The third-order valence-electron chi connectivity index (χ3n) is 4.04. The minimum absolute atomic E-state index is 0.0652. The molecule has 146 valence electrons. The molecule has 0 fully saturated rings. The van der Waals surface area contributed by atoms with Gasteiger partial charge in [0.2, 0.25) is 5.91 Å². The third kappa shape index (κ3) is 4.70. The number of anilines is 1. The number of nitrogens with zero attached hydrogens (tertiary/aromatic N) is 1. The topological polar surface area (TPSA) is 130 Å². The summed E-state index contributed by atoms with van der Waals surface area (Å²) in [5.41, 5.74) is 1.18. The molecule has 2 aromatic carbocycles. The predicted molar refractivity (Wildman–Crippen MR) is 103 cm³/mol. The molecule has 0 spiro atoms. The highest BCUT2D eigenvalue weighted by Crippen LogP contribution is 2.20. The highest BCUT2D eigenvalue weighted by Gasteiger charge is 2.21. The molecule has 0 aromatic heterocycles. The predicted octanol–water partition coefficient (Wildman–Crippen LogP) is 2.02. The first kappa shape index (κ1) is 20.6. The molecule has 2 rings (SSSR count). The molecule has 0 aliphatic carbocycles. The molecule has 1 atom stereocenters. The fraction of sp³-hybridized carbons (Fsp3) is 0.211. The standard InChI is InChI=1S/C19H20N4O5/c1-11-6-4-9-15(16(11)19(26)20-3)22-17(24)12(2)21-18(25)13-7-5-8-14(10-13)23(27)28/h4-10,12H,1-3H3,(H,20,26)(H,21,25)(H,22,24). The van der Waals surface area contributed by atoms with E-state index in [-0.39, 0.29) is 17.2 Å². The van der Waals surface area contributed by atoms with Gasteiger partial charge in [-0.2, -0.15) is 0 Å². The lowest BCUT2D eigenvalue weighted by Crippen LogP contribution is -2.42. The van der Waals surface area contributed by atoms with Crippen molar-refractivity contribution in [2.45, 2.75) is 19.9 Å². The monoisotopic (exact) mass is 384 g/mol. The molecule has 0 bridgehead atoms. The van der Waals surface area contributed by atoms with Gasteiger partial charge in [-0.05, 0) is 31.5 Å². The lowest BCUT2D eigenvalue weighted by Gasteiger charge is -2.17. The van der Waals surface area contributed by atoms with Gasteiger partial charge < -0.3 is 16.0 Å². The number of nitro groups is 1. The molecule has 1 unspecified atom stereocenters. The first-order valence-corrected chi connectivity index (χ1v) is 8.42. The van der Waals surface area contributed by atoms with Crippen molar-refractivity contribution in [3.63, 3.8) is 0 Å². The van der Waals surface area contributed by atoms with Crippen molar-refractivity contribution in [2.75, 3.05) is 12.4 Å². The van der Waals surface area contributed by atoms with Crippen LogP contribution >= 0.6 is 0 Å². The number of carbonyl (C=O) groups is 3. The van der Waals surface area contributed by atoms with Crippen LogP contribution in [0.4, 0.5) is 11.4 Å². The van der Waals surface area contributed by atoms with E-state index in [0.717, 1.165) is 6.07 Å². The number of nitro benzene ring substituents is 1. The molecule has 9 nitrogen and oxygen atoms in total. The summed E-state index contributed by atoms with van der Waals surface area (Å²) < 4.78 is 0. The van der Waals surface area contributed by atoms with Crippen LogP contribution in [-0.2, 0) is 4.79 Å². The zero-order chi connectivity index (χ0) is 20.8. The van der Waals surface area contributed by atoms with Crippen LogP contribution in [-0.4, -0.2) is 35.7 Å². The van der Waals surface area contributed by atoms with Crippen LogP contribution in [0.2, 0.25) is 0 Å². The molecule has 0 aliphatic rings. The van der Waals surface area contributed by atoms with Crippen LogP contribution < -0.4 is 16.0 Å². The van der Waals surface area contributed by atoms with Gasteiger partial charge in [0, 0.05) is 24.7 Å². The lowest BCUT2D eigenvalue weighted by atomic mass is 10.1. The number of nitrogens with one attached hydrogen (secondary N) is 3. The average molecular weight is 384 g/mol. The summed E-state index contributed by atoms with van der Waals surface area (Å²) in [7, 11) is 1.49. The molecule has 2 aromatic rings. The Kier molecular flexibility index (Phi) is 6.43. The average Bonchev–Trinajstić information content (AvgIpc) is 2.67. The van der Waals surface area contributed by atoms with Crippen LogP contribution in [0.1, 0.15) is 33.2 Å². The summed E-state index contributed by atoms with van der Waals surface area (Å²) in [6.07, 6.45) is 0. The molecule has 0 heterocycles. The smallest absolute Gasteiger partial charge is 0.270 e. The Hall–Kier alpha value is -3.75. The van der Waals surface area contributed by atoms with E-state index in [1.807, 2.05) is 0 Å². The van der Waals surface area contributed by atoms with E-state index >= 15 is 0 Å². The van der Waals surface area contributed by atoms with Crippen LogP contribution in [0, 0.1) is 17.0 Å². The second-order valence-electron chi connectivity index (χ2n) is 6.07. The Morgan fingerprint density at radius 2 is 1.75 bits per heavy atom. The Bertz CT molecular complexity index is 942. The van der Waals surface area contributed by atoms with Gasteiger partial charge in [-0.25, -0.2) is 0 Å². The van der Waals surface area contributed by atoms with E-state index in [2.05, 4.69) is 16.0 Å². The number of non-ortho nitro benzene ring substituents is 1. The summed E-state index contributed by atoms with van der Waals surface area (Å²) >= 11 is 0. The Morgan fingerprint density at radius 3 is 2.39 bits per heavy atom. The van der Waals surface area contributed by atoms with E-state index in [4.69, 9.17) is 0 Å². The fourth-order valence-corrected chi connectivity index (χ4v) is 2.55. The van der Waals surface area contributed by atoms with E-state index in [1.165, 1.54) is 32.2 Å². The van der Waals surface area contributed by atoms with Crippen LogP contribution in [0.25, 0.3) is 0 Å². The minimum atomic E-state index is -0.940. The van der Waals surface area contributed by atoms with Gasteiger partial charge in [-0.3, -0.25) is 24.5 Å². The van der Waals surface area contributed by atoms with Crippen molar-refractivity contribution in [2.24, 2.45) is 0 Å². The highest BCUT2D eigenvalue weighted by molar-refractivity contribution is 6.06. The van der Waals surface area contributed by atoms with Gasteiger partial charge in [-0.15, -0.1) is 0 Å². The molecular weight excluding hydrogens is 364 g/mol. The van der Waals surface area contributed by atoms with Gasteiger partial charge in [0.1, 0.15) is 6.04 Å². The third-order valence-corrected chi connectivity index (χ3v) is 4.04. The van der Waals surface area contributed by atoms with Crippen molar-refractivity contribution in [3.05, 3.63) is 69.3 Å². The maximum atomic E-state index is 12.5. The van der Waals surface area contributed by atoms with Crippen molar-refractivity contribution in [1.82, 2.24) is 10.6 Å². The minimum Gasteiger partial charge on any atom is -0.355 e. The summed E-state index contributed by atoms with van der Waals surface area (Å²) in [6.45, 7) is 3.22. The molecular formula is C19H20N4O5. The SMILES string of the molecule is CNC(=O)c1c(C)cccc1NC(=O)C(C)NC(=O)c1cccc([N+](=O)[O-])c1. The van der Waals surface area contributed by atoms with Crippen LogP contribution in [0.3, 0.4) is 0 Å². The number of hydrogen-bond acceptors (Lipinski definition) is 5. The van der Waals surface area contributed by atoms with Crippen LogP contribution in [0.15, 0.2) is 42.5 Å². The van der Waals surface area contributed by atoms with E-state index < -0.39 is 22.8 Å². The number of benzene rings is 2. The van der Waals surface area contributed by atoms with Crippen molar-refractivity contribution in [3.8, 4) is 0 Å². The fourth-order valence-electron chi connectivity index (χ4n) is 2.55. The molecule has 0 saturated heterocycles. The normalized spacial score (nSPS) is 11.2. The summed E-state index contributed by atoms with van der Waals surface area (Å²) in [5.74, 6) is -1.50. The zero-order valence-corrected chi connectivity index (χ0v) is 15.6. The lowest BCUT2D eigenvalue weighted by molar-refractivity contribution is -0.384. The summed E-state index contributed by atoms with van der Waals surface area (Å²) in [6, 6.07) is 9.29. The summed E-state index contributed by atoms with van der Waals surface area (Å²) in [4.78, 5) is 47.0. The van der Waals surface area contributed by atoms with Crippen molar-refractivity contribution >= 4 is 29.1 Å². The number of aryl methyl sites for hydroxylation is 1. The molecule has 0 radical (unpaired) electrons. The maximum absolute atomic E-state index is 12.5. The molecule has 0 saturated carbocycles. The molecule has 9 heteroatoms. The highest BCUT2D eigenvalue weighted by atomic mass is 16.6. The first-order chi connectivity index (χ1) is 13.2. The van der Waals surface area contributed by atoms with Gasteiger partial charge in [0.25, 0.3) is 17.5 Å². The van der Waals surface area contributed by atoms with Gasteiger partial charge in [-0.1, -0.05) is 18.2 Å². The van der Waals surface area contributed by atoms with E-state index in [9.17, 15) is 24.5 Å². The molecule has 28 heavy (non-hydrogen) atoms. The molecule has 0 aliphatic heterocycles. The van der Waals surface area contributed by atoms with Gasteiger partial charge in [0.15, 0.2) is 0 Å². The molecule has 3 amide bonds. The van der Waals surface area contributed by atoms with Gasteiger partial charge in [0.05, 0.1) is 16.2 Å². The largest absolute Gasteiger partial charge is 0.355 e. The Morgan fingerprint density at radius 1 is 1.07 bits per heavy atom. The van der Waals surface area contributed by atoms with Crippen molar-refractivity contribution < 1.29 is 19.3 Å². The van der Waals surface area contributed by atoms with Crippen molar-refractivity contribution in [1.29, 1.82) is 0 Å². The molecule has 3 N–H and O–H groups in total. The number of carbonyl (C=O) groups excluding carboxylic acids is 3. The maximum Gasteiger partial charge on any atom is 0.270 e. The number of hydrogen-bond donors (Lipinski definition) is 3. The Labute approximate surface area is 161 Å². The zero-order valence-electron chi connectivity index (χ0n) is 15.6. The Balaban J connectivity index is 2.13. The number of amides is 3. The number of rotatable bonds is 6. The first-order valence-electron chi connectivity index (χ1n) is 8.42. The summed E-state index contributed by atoms with van der Waals surface area (Å²) in [5, 5.41) is 18.5. The quantitative estimate of drug-likeness (QED) is 0.518. The van der Waals surface area contributed by atoms with Crippen LogP contribution in [0.5, 0.6) is 0 Å². The second-order valence-corrected chi connectivity index (χ2v) is 6.07. The van der Waals surface area contributed by atoms with Gasteiger partial charge >= 0.3 is 0 Å². The van der Waals surface area contributed by atoms with E-state index in [1.54, 1.807) is 25.1 Å². The van der Waals surface area contributed by atoms with E-state index in [0.29, 0.717) is 16.8 Å².